The lowest BCUT2D eigenvalue weighted by Crippen LogP contribution is -2.36. The standard InChI is InChI=1S/C22H24N6/c1-16-12-17(2)26-22(20(16)13-23)27-10-3-4-19(15-27)21-25-9-11-28(21)14-18-5-7-24-8-6-18/h5-9,11-12,19H,3-4,10,14-15H2,1-2H3/t19-/m0/s1. The summed E-state index contributed by atoms with van der Waals surface area (Å²) in [4.78, 5) is 15.7. The van der Waals surface area contributed by atoms with Crippen molar-refractivity contribution in [3.63, 3.8) is 0 Å². The normalized spacial score (nSPS) is 16.8. The molecule has 0 saturated carbocycles. The van der Waals surface area contributed by atoms with Crippen LogP contribution in [0.3, 0.4) is 0 Å². The molecule has 0 spiro atoms. The molecule has 0 amide bonds. The Morgan fingerprint density at radius 3 is 2.82 bits per heavy atom. The number of rotatable bonds is 4. The summed E-state index contributed by atoms with van der Waals surface area (Å²) < 4.78 is 2.23. The lowest BCUT2D eigenvalue weighted by molar-refractivity contribution is 0.473. The van der Waals surface area contributed by atoms with Crippen molar-refractivity contribution in [3.8, 4) is 6.07 Å². The van der Waals surface area contributed by atoms with Gasteiger partial charge in [-0.3, -0.25) is 4.98 Å². The van der Waals surface area contributed by atoms with Gasteiger partial charge in [0.1, 0.15) is 17.7 Å². The summed E-state index contributed by atoms with van der Waals surface area (Å²) in [5.74, 6) is 2.24. The number of aryl methyl sites for hydroxylation is 2. The maximum absolute atomic E-state index is 9.64. The topological polar surface area (TPSA) is 70.6 Å². The first kappa shape index (κ1) is 18.2. The minimum absolute atomic E-state index is 0.319. The molecule has 1 fully saturated rings. The number of anilines is 1. The van der Waals surface area contributed by atoms with Gasteiger partial charge < -0.3 is 9.47 Å². The fourth-order valence-corrected chi connectivity index (χ4v) is 4.06. The van der Waals surface area contributed by atoms with Crippen LogP contribution >= 0.6 is 0 Å². The Bertz CT molecular complexity index is 1000. The molecule has 6 nitrogen and oxygen atoms in total. The highest BCUT2D eigenvalue weighted by molar-refractivity contribution is 5.58. The van der Waals surface area contributed by atoms with Gasteiger partial charge in [0.2, 0.25) is 0 Å². The Hall–Kier alpha value is -3.20. The van der Waals surface area contributed by atoms with Crippen molar-refractivity contribution < 1.29 is 0 Å². The van der Waals surface area contributed by atoms with Gasteiger partial charge in [-0.1, -0.05) is 0 Å². The van der Waals surface area contributed by atoms with Crippen molar-refractivity contribution in [1.29, 1.82) is 5.26 Å². The number of hydrogen-bond donors (Lipinski definition) is 0. The van der Waals surface area contributed by atoms with Crippen LogP contribution in [0, 0.1) is 25.2 Å². The molecule has 0 aliphatic carbocycles. The largest absolute Gasteiger partial charge is 0.355 e. The highest BCUT2D eigenvalue weighted by Crippen LogP contribution is 2.31. The summed E-state index contributed by atoms with van der Waals surface area (Å²) in [5, 5.41) is 9.64. The molecule has 4 rings (SSSR count). The van der Waals surface area contributed by atoms with E-state index in [1.807, 2.05) is 56.8 Å². The van der Waals surface area contributed by atoms with Crippen LogP contribution in [0.15, 0.2) is 43.0 Å². The van der Waals surface area contributed by atoms with Gasteiger partial charge in [-0.25, -0.2) is 9.97 Å². The van der Waals surface area contributed by atoms with E-state index in [-0.39, 0.29) is 0 Å². The van der Waals surface area contributed by atoms with Crippen molar-refractivity contribution >= 4 is 5.82 Å². The molecule has 6 heteroatoms. The van der Waals surface area contributed by atoms with E-state index in [0.717, 1.165) is 55.4 Å². The van der Waals surface area contributed by atoms with Gasteiger partial charge in [-0.15, -0.1) is 0 Å². The molecule has 1 atom stereocenters. The van der Waals surface area contributed by atoms with Crippen LogP contribution in [0.1, 0.15) is 47.0 Å². The molecule has 1 aliphatic heterocycles. The number of imidazole rings is 1. The molecule has 0 unspecified atom stereocenters. The fraction of sp³-hybridized carbons (Fsp3) is 0.364. The van der Waals surface area contributed by atoms with Crippen molar-refractivity contribution in [2.24, 2.45) is 0 Å². The molecule has 28 heavy (non-hydrogen) atoms. The maximum Gasteiger partial charge on any atom is 0.147 e. The van der Waals surface area contributed by atoms with E-state index < -0.39 is 0 Å². The van der Waals surface area contributed by atoms with E-state index in [4.69, 9.17) is 4.98 Å². The summed E-state index contributed by atoms with van der Waals surface area (Å²) in [5.41, 5.74) is 3.84. The number of nitrogens with zero attached hydrogens (tertiary/aromatic N) is 6. The number of aromatic nitrogens is 4. The summed E-state index contributed by atoms with van der Waals surface area (Å²) in [7, 11) is 0. The van der Waals surface area contributed by atoms with Crippen LogP contribution < -0.4 is 4.90 Å². The third kappa shape index (κ3) is 3.61. The van der Waals surface area contributed by atoms with E-state index in [1.54, 1.807) is 0 Å². The van der Waals surface area contributed by atoms with E-state index in [9.17, 15) is 5.26 Å². The first-order valence-electron chi connectivity index (χ1n) is 9.69. The zero-order valence-corrected chi connectivity index (χ0v) is 16.3. The van der Waals surface area contributed by atoms with Crippen LogP contribution in [0.5, 0.6) is 0 Å². The molecule has 0 bridgehead atoms. The van der Waals surface area contributed by atoms with Gasteiger partial charge in [-0.2, -0.15) is 5.26 Å². The second kappa shape index (κ2) is 7.81. The molecule has 3 aromatic heterocycles. The third-order valence-electron chi connectivity index (χ3n) is 5.37. The third-order valence-corrected chi connectivity index (χ3v) is 5.37. The lowest BCUT2D eigenvalue weighted by Gasteiger charge is -2.34. The van der Waals surface area contributed by atoms with E-state index in [1.165, 1.54) is 5.56 Å². The predicted molar refractivity (Wildman–Crippen MR) is 108 cm³/mol. The van der Waals surface area contributed by atoms with Gasteiger partial charge in [0.05, 0.1) is 5.56 Å². The average molecular weight is 372 g/mol. The van der Waals surface area contributed by atoms with Gasteiger partial charge in [0.15, 0.2) is 0 Å². The van der Waals surface area contributed by atoms with E-state index in [0.29, 0.717) is 11.5 Å². The molecule has 0 radical (unpaired) electrons. The zero-order valence-electron chi connectivity index (χ0n) is 16.3. The molecule has 4 heterocycles. The van der Waals surface area contributed by atoms with Gasteiger partial charge in [0, 0.05) is 56.0 Å². The first-order chi connectivity index (χ1) is 13.7. The Morgan fingerprint density at radius 2 is 2.04 bits per heavy atom. The fourth-order valence-electron chi connectivity index (χ4n) is 4.06. The highest BCUT2D eigenvalue weighted by atomic mass is 15.2. The van der Waals surface area contributed by atoms with Gasteiger partial charge in [0.25, 0.3) is 0 Å². The minimum atomic E-state index is 0.319. The second-order valence-electron chi connectivity index (χ2n) is 7.44. The minimum Gasteiger partial charge on any atom is -0.355 e. The van der Waals surface area contributed by atoms with E-state index >= 15 is 0 Å². The predicted octanol–water partition coefficient (Wildman–Crippen LogP) is 3.59. The molecule has 1 saturated heterocycles. The summed E-state index contributed by atoms with van der Waals surface area (Å²) in [6, 6.07) is 8.40. The Kier molecular flexibility index (Phi) is 5.07. The lowest BCUT2D eigenvalue weighted by atomic mass is 9.96. The highest BCUT2D eigenvalue weighted by Gasteiger charge is 2.27. The molecular formula is C22H24N6. The smallest absolute Gasteiger partial charge is 0.147 e. The summed E-state index contributed by atoms with van der Waals surface area (Å²) >= 11 is 0. The van der Waals surface area contributed by atoms with Crippen molar-refractivity contribution in [2.75, 3.05) is 18.0 Å². The zero-order chi connectivity index (χ0) is 19.5. The monoisotopic (exact) mass is 372 g/mol. The van der Waals surface area contributed by atoms with Crippen LogP contribution in [0.25, 0.3) is 0 Å². The quantitative estimate of drug-likeness (QED) is 0.700. The number of pyridine rings is 2. The van der Waals surface area contributed by atoms with Crippen LogP contribution in [-0.2, 0) is 6.54 Å². The maximum atomic E-state index is 9.64. The Labute approximate surface area is 165 Å². The van der Waals surface area contributed by atoms with Gasteiger partial charge in [-0.05, 0) is 56.0 Å². The summed E-state index contributed by atoms with van der Waals surface area (Å²) in [6.45, 7) is 6.52. The number of hydrogen-bond acceptors (Lipinski definition) is 5. The van der Waals surface area contributed by atoms with Crippen LogP contribution in [0.4, 0.5) is 5.82 Å². The molecule has 3 aromatic rings. The van der Waals surface area contributed by atoms with Gasteiger partial charge >= 0.3 is 0 Å². The first-order valence-corrected chi connectivity index (χ1v) is 9.69. The number of nitriles is 1. The Balaban J connectivity index is 1.59. The number of piperidine rings is 1. The molecule has 142 valence electrons. The molecule has 1 aliphatic rings. The SMILES string of the molecule is Cc1cc(C)c(C#N)c(N2CCC[C@H](c3nccn3Cc3ccncc3)C2)n1. The van der Waals surface area contributed by atoms with Crippen molar-refractivity contribution in [1.82, 2.24) is 19.5 Å². The molecular weight excluding hydrogens is 348 g/mol. The van der Waals surface area contributed by atoms with Crippen molar-refractivity contribution in [2.45, 2.75) is 39.2 Å². The summed E-state index contributed by atoms with van der Waals surface area (Å²) in [6.07, 6.45) is 9.73. The molecule has 0 N–H and O–H groups in total. The second-order valence-corrected chi connectivity index (χ2v) is 7.44. The molecule has 0 aromatic carbocycles. The average Bonchev–Trinajstić information content (AvgIpc) is 3.16. The van der Waals surface area contributed by atoms with Crippen LogP contribution in [0.2, 0.25) is 0 Å². The Morgan fingerprint density at radius 1 is 1.21 bits per heavy atom. The van der Waals surface area contributed by atoms with Crippen molar-refractivity contribution in [3.05, 3.63) is 71.2 Å². The van der Waals surface area contributed by atoms with E-state index in [2.05, 4.69) is 25.5 Å². The van der Waals surface area contributed by atoms with Crippen LogP contribution in [-0.4, -0.2) is 32.6 Å².